The molecule has 0 aliphatic carbocycles. The highest BCUT2D eigenvalue weighted by Crippen LogP contribution is 2.16. The third kappa shape index (κ3) is 5.16. The van der Waals surface area contributed by atoms with Gasteiger partial charge in [0.25, 0.3) is 0 Å². The van der Waals surface area contributed by atoms with Crippen molar-refractivity contribution in [2.45, 2.75) is 20.8 Å². The molecule has 0 aliphatic rings. The van der Waals surface area contributed by atoms with Crippen LogP contribution in [0.3, 0.4) is 0 Å². The molecule has 0 unspecified atom stereocenters. The predicted molar refractivity (Wildman–Crippen MR) is 78.3 cm³/mol. The summed E-state index contributed by atoms with van der Waals surface area (Å²) < 4.78 is 9.94. The first-order valence-corrected chi connectivity index (χ1v) is 7.69. The number of hydrogen-bond acceptors (Lipinski definition) is 6. The Kier molecular flexibility index (Phi) is 6.80. The lowest BCUT2D eigenvalue weighted by atomic mass is 10.1. The zero-order valence-electron chi connectivity index (χ0n) is 11.1. The van der Waals surface area contributed by atoms with E-state index in [1.807, 2.05) is 20.8 Å². The van der Waals surface area contributed by atoms with Crippen LogP contribution in [0.2, 0.25) is 0 Å². The molecule has 0 N–H and O–H groups in total. The second kappa shape index (κ2) is 8.12. The molecule has 1 aromatic carbocycles. The molecule has 19 heavy (non-hydrogen) atoms. The third-order valence-electron chi connectivity index (χ3n) is 2.05. The summed E-state index contributed by atoms with van der Waals surface area (Å²) in [7, 11) is 0. The molecule has 4 nitrogen and oxygen atoms in total. The fraction of sp³-hybridized carbons (Fsp3) is 0.385. The molecule has 0 fully saturated rings. The summed E-state index contributed by atoms with van der Waals surface area (Å²) in [5.74, 6) is 0.458. The van der Waals surface area contributed by atoms with Crippen LogP contribution in [0.5, 0.6) is 0 Å². The Bertz CT molecular complexity index is 422. The van der Waals surface area contributed by atoms with Crippen LogP contribution in [-0.2, 0) is 8.37 Å². The van der Waals surface area contributed by atoms with Crippen molar-refractivity contribution >= 4 is 36.0 Å². The van der Waals surface area contributed by atoms with Gasteiger partial charge in [-0.25, -0.2) is 9.59 Å². The van der Waals surface area contributed by atoms with E-state index in [0.717, 1.165) is 29.6 Å². The summed E-state index contributed by atoms with van der Waals surface area (Å²) in [5, 5.41) is 0. The minimum Gasteiger partial charge on any atom is -0.388 e. The van der Waals surface area contributed by atoms with Gasteiger partial charge in [-0.2, -0.15) is 0 Å². The Morgan fingerprint density at radius 3 is 1.74 bits per heavy atom. The maximum Gasteiger partial charge on any atom is 0.350 e. The van der Waals surface area contributed by atoms with E-state index in [-0.39, 0.29) is 0 Å². The lowest BCUT2D eigenvalue weighted by Crippen LogP contribution is -2.06. The van der Waals surface area contributed by atoms with E-state index >= 15 is 0 Å². The minimum atomic E-state index is -0.451. The van der Waals surface area contributed by atoms with Gasteiger partial charge in [0.1, 0.15) is 0 Å². The summed E-state index contributed by atoms with van der Waals surface area (Å²) in [4.78, 5) is 23.5. The average molecular weight is 300 g/mol. The molecule has 0 spiro atoms. The standard InChI is InChI=1S/C13H16O4S2/c1-4-18-16-12(14)10-6-9(3)7-11(8-10)13(15)17-19-5-2/h6-8H,4-5H2,1-3H3. The highest BCUT2D eigenvalue weighted by atomic mass is 32.2. The van der Waals surface area contributed by atoms with E-state index in [1.54, 1.807) is 12.1 Å². The normalized spacial score (nSPS) is 10.1. The van der Waals surface area contributed by atoms with Gasteiger partial charge in [-0.15, -0.1) is 0 Å². The summed E-state index contributed by atoms with van der Waals surface area (Å²) in [6, 6.07) is 4.86. The van der Waals surface area contributed by atoms with Crippen molar-refractivity contribution in [1.82, 2.24) is 0 Å². The maximum absolute atomic E-state index is 11.7. The van der Waals surface area contributed by atoms with Crippen molar-refractivity contribution < 1.29 is 18.0 Å². The Morgan fingerprint density at radius 2 is 1.37 bits per heavy atom. The summed E-state index contributed by atoms with van der Waals surface area (Å²) in [5.41, 5.74) is 1.52. The van der Waals surface area contributed by atoms with Crippen molar-refractivity contribution in [2.75, 3.05) is 11.5 Å². The van der Waals surface area contributed by atoms with Crippen molar-refractivity contribution in [3.05, 3.63) is 34.9 Å². The molecule has 6 heteroatoms. The lowest BCUT2D eigenvalue weighted by molar-refractivity contribution is 0.0767. The van der Waals surface area contributed by atoms with Crippen molar-refractivity contribution in [3.63, 3.8) is 0 Å². The molecule has 0 radical (unpaired) electrons. The monoisotopic (exact) mass is 300 g/mol. The lowest BCUT2D eigenvalue weighted by Gasteiger charge is -2.06. The van der Waals surface area contributed by atoms with Crippen LogP contribution in [0.25, 0.3) is 0 Å². The van der Waals surface area contributed by atoms with Crippen LogP contribution in [0, 0.1) is 6.92 Å². The second-order valence-electron chi connectivity index (χ2n) is 3.64. The van der Waals surface area contributed by atoms with Crippen LogP contribution in [0.15, 0.2) is 18.2 Å². The highest BCUT2D eigenvalue weighted by Gasteiger charge is 2.14. The van der Waals surface area contributed by atoms with Gasteiger partial charge in [0.05, 0.1) is 35.2 Å². The van der Waals surface area contributed by atoms with Gasteiger partial charge in [-0.1, -0.05) is 13.8 Å². The van der Waals surface area contributed by atoms with Crippen molar-refractivity contribution in [1.29, 1.82) is 0 Å². The molecule has 0 aromatic heterocycles. The average Bonchev–Trinajstić information content (AvgIpc) is 2.41. The number of carbonyl (C=O) groups excluding carboxylic acids is 2. The maximum atomic E-state index is 11.7. The third-order valence-corrected chi connectivity index (χ3v) is 3.06. The van der Waals surface area contributed by atoms with E-state index in [2.05, 4.69) is 0 Å². The number of carbonyl (C=O) groups is 2. The number of rotatable bonds is 6. The molecule has 0 saturated heterocycles. The molecular weight excluding hydrogens is 284 g/mol. The fourth-order valence-electron chi connectivity index (χ4n) is 1.34. The van der Waals surface area contributed by atoms with Gasteiger partial charge >= 0.3 is 11.9 Å². The Morgan fingerprint density at radius 1 is 0.947 bits per heavy atom. The first-order valence-electron chi connectivity index (χ1n) is 5.87. The molecular formula is C13H16O4S2. The Hall–Kier alpha value is -1.14. The van der Waals surface area contributed by atoms with Crippen LogP contribution in [0.1, 0.15) is 40.1 Å². The van der Waals surface area contributed by atoms with Gasteiger partial charge < -0.3 is 8.37 Å². The number of aryl methyl sites for hydroxylation is 1. The number of benzene rings is 1. The fourth-order valence-corrected chi connectivity index (χ4v) is 1.98. The van der Waals surface area contributed by atoms with Crippen molar-refractivity contribution in [2.24, 2.45) is 0 Å². The summed E-state index contributed by atoms with van der Waals surface area (Å²) in [6.45, 7) is 5.59. The van der Waals surface area contributed by atoms with E-state index in [1.165, 1.54) is 6.07 Å². The van der Waals surface area contributed by atoms with Crippen LogP contribution >= 0.6 is 24.1 Å². The molecule has 0 atom stereocenters. The molecule has 1 aromatic rings. The van der Waals surface area contributed by atoms with Crippen molar-refractivity contribution in [3.8, 4) is 0 Å². The summed E-state index contributed by atoms with van der Waals surface area (Å²) >= 11 is 2.15. The van der Waals surface area contributed by atoms with E-state index in [9.17, 15) is 9.59 Å². The first kappa shape index (κ1) is 15.9. The highest BCUT2D eigenvalue weighted by molar-refractivity contribution is 7.95. The Labute approximate surface area is 121 Å². The molecule has 1 rings (SSSR count). The zero-order chi connectivity index (χ0) is 14.3. The second-order valence-corrected chi connectivity index (χ2v) is 5.60. The van der Waals surface area contributed by atoms with Gasteiger partial charge in [-0.3, -0.25) is 0 Å². The quantitative estimate of drug-likeness (QED) is 0.748. The zero-order valence-corrected chi connectivity index (χ0v) is 12.7. The van der Waals surface area contributed by atoms with Crippen LogP contribution in [0.4, 0.5) is 0 Å². The van der Waals surface area contributed by atoms with E-state index < -0.39 is 11.9 Å². The van der Waals surface area contributed by atoms with Gasteiger partial charge in [-0.05, 0) is 30.7 Å². The molecule has 0 saturated carbocycles. The van der Waals surface area contributed by atoms with Gasteiger partial charge in [0, 0.05) is 11.5 Å². The minimum absolute atomic E-state index is 0.356. The van der Waals surface area contributed by atoms with Crippen LogP contribution < -0.4 is 0 Å². The van der Waals surface area contributed by atoms with E-state index in [4.69, 9.17) is 8.37 Å². The molecule has 0 aliphatic heterocycles. The molecule has 0 bridgehead atoms. The summed E-state index contributed by atoms with van der Waals surface area (Å²) in [6.07, 6.45) is 0. The van der Waals surface area contributed by atoms with Gasteiger partial charge in [0.2, 0.25) is 0 Å². The largest absolute Gasteiger partial charge is 0.388 e. The molecule has 0 heterocycles. The van der Waals surface area contributed by atoms with E-state index in [0.29, 0.717) is 22.6 Å². The molecule has 0 amide bonds. The predicted octanol–water partition coefficient (Wildman–Crippen LogP) is 3.64. The topological polar surface area (TPSA) is 52.6 Å². The van der Waals surface area contributed by atoms with Crippen LogP contribution in [-0.4, -0.2) is 23.4 Å². The SMILES string of the molecule is CCSOC(=O)c1cc(C)cc(C(=O)OSCC)c1. The number of hydrogen-bond donors (Lipinski definition) is 0. The van der Waals surface area contributed by atoms with Gasteiger partial charge in [0.15, 0.2) is 0 Å². The Balaban J connectivity index is 2.87. The molecule has 104 valence electrons. The first-order chi connectivity index (χ1) is 9.08. The smallest absolute Gasteiger partial charge is 0.350 e.